The molecule has 0 aliphatic carbocycles. The van der Waals surface area contributed by atoms with Gasteiger partial charge in [-0.05, 0) is 44.4 Å². The number of nitrogens with one attached hydrogen (secondary N) is 1. The first-order valence-electron chi connectivity index (χ1n) is 6.70. The summed E-state index contributed by atoms with van der Waals surface area (Å²) in [6, 6.07) is 6.95. The maximum Gasteiger partial charge on any atom is 0.325 e. The second-order valence-electron chi connectivity index (χ2n) is 4.75. The molecule has 0 saturated heterocycles. The molecule has 1 aromatic rings. The Morgan fingerprint density at radius 1 is 1.35 bits per heavy atom. The van der Waals surface area contributed by atoms with Crippen LogP contribution in [-0.4, -0.2) is 29.6 Å². The number of unbranched alkanes of at least 4 members (excludes halogenated alkanes) is 1. The average Bonchev–Trinajstić information content (AvgIpc) is 2.38. The fourth-order valence-electron chi connectivity index (χ4n) is 1.66. The van der Waals surface area contributed by atoms with Gasteiger partial charge in [0.1, 0.15) is 11.8 Å². The number of rotatable bonds is 8. The number of carbonyl (C=O) groups is 2. The Labute approximate surface area is 118 Å². The molecule has 0 aromatic heterocycles. The van der Waals surface area contributed by atoms with E-state index in [-0.39, 0.29) is 5.91 Å². The van der Waals surface area contributed by atoms with Gasteiger partial charge in [-0.2, -0.15) is 0 Å². The van der Waals surface area contributed by atoms with Crippen LogP contribution in [0.2, 0.25) is 0 Å². The Kier molecular flexibility index (Phi) is 6.56. The molecular weight excluding hydrogens is 258 g/mol. The number of carbonyl (C=O) groups excluding carboxylic acids is 1. The second-order valence-corrected chi connectivity index (χ2v) is 4.75. The first-order valence-corrected chi connectivity index (χ1v) is 6.70. The summed E-state index contributed by atoms with van der Waals surface area (Å²) >= 11 is 0. The average molecular weight is 279 g/mol. The number of aliphatic carboxylic acids is 1. The number of hydrogen-bond donors (Lipinski definition) is 2. The third kappa shape index (κ3) is 6.22. The van der Waals surface area contributed by atoms with Crippen molar-refractivity contribution in [2.45, 2.75) is 39.2 Å². The van der Waals surface area contributed by atoms with E-state index < -0.39 is 12.0 Å². The van der Waals surface area contributed by atoms with Gasteiger partial charge < -0.3 is 15.2 Å². The molecular formula is C15H21NO4. The Morgan fingerprint density at radius 3 is 2.75 bits per heavy atom. The molecule has 5 heteroatoms. The first-order chi connectivity index (χ1) is 9.49. The highest BCUT2D eigenvalue weighted by atomic mass is 16.5. The molecule has 110 valence electrons. The highest BCUT2D eigenvalue weighted by molar-refractivity contribution is 5.83. The predicted octanol–water partition coefficient (Wildman–Crippen LogP) is 2.13. The number of aryl methyl sites for hydroxylation is 1. The summed E-state index contributed by atoms with van der Waals surface area (Å²) in [6.45, 7) is 3.99. The molecule has 1 amide bonds. The topological polar surface area (TPSA) is 75.6 Å². The van der Waals surface area contributed by atoms with Gasteiger partial charge in [0.25, 0.3) is 0 Å². The Bertz CT molecular complexity index is 459. The number of hydrogen-bond acceptors (Lipinski definition) is 3. The summed E-state index contributed by atoms with van der Waals surface area (Å²) in [7, 11) is 0. The van der Waals surface area contributed by atoms with Crippen molar-refractivity contribution in [2.75, 3.05) is 6.61 Å². The van der Waals surface area contributed by atoms with Crippen molar-refractivity contribution in [3.63, 3.8) is 0 Å². The molecule has 0 radical (unpaired) electrons. The van der Waals surface area contributed by atoms with Crippen molar-refractivity contribution >= 4 is 11.9 Å². The van der Waals surface area contributed by atoms with Crippen molar-refractivity contribution in [1.82, 2.24) is 5.32 Å². The van der Waals surface area contributed by atoms with E-state index in [1.165, 1.54) is 6.92 Å². The molecule has 0 aliphatic rings. The molecule has 2 N–H and O–H groups in total. The van der Waals surface area contributed by atoms with Crippen molar-refractivity contribution in [3.05, 3.63) is 29.8 Å². The van der Waals surface area contributed by atoms with E-state index in [2.05, 4.69) is 5.32 Å². The van der Waals surface area contributed by atoms with E-state index in [0.29, 0.717) is 19.4 Å². The smallest absolute Gasteiger partial charge is 0.325 e. The fourth-order valence-corrected chi connectivity index (χ4v) is 1.66. The quantitative estimate of drug-likeness (QED) is 0.715. The molecule has 0 fully saturated rings. The lowest BCUT2D eigenvalue weighted by Crippen LogP contribution is -2.38. The summed E-state index contributed by atoms with van der Waals surface area (Å²) in [5.41, 5.74) is 1.14. The highest BCUT2D eigenvalue weighted by Gasteiger charge is 2.13. The van der Waals surface area contributed by atoms with Crippen LogP contribution >= 0.6 is 0 Å². The fraction of sp³-hybridized carbons (Fsp3) is 0.467. The minimum absolute atomic E-state index is 0.240. The summed E-state index contributed by atoms with van der Waals surface area (Å²) in [6.07, 6.45) is 1.74. The lowest BCUT2D eigenvalue weighted by Gasteiger charge is -2.09. The standard InChI is InChI=1S/C15H21NO4/c1-11-6-5-7-13(10-11)20-9-4-3-8-14(17)16-12(2)15(18)19/h5-7,10,12H,3-4,8-9H2,1-2H3,(H,16,17)(H,18,19)/t12-/m1/s1. The van der Waals surface area contributed by atoms with Crippen LogP contribution in [0.1, 0.15) is 31.7 Å². The molecule has 1 atom stereocenters. The third-order valence-electron chi connectivity index (χ3n) is 2.80. The van der Waals surface area contributed by atoms with Crippen LogP contribution < -0.4 is 10.1 Å². The van der Waals surface area contributed by atoms with Crippen LogP contribution in [0.4, 0.5) is 0 Å². The summed E-state index contributed by atoms with van der Waals surface area (Å²) in [4.78, 5) is 22.0. The van der Waals surface area contributed by atoms with E-state index in [1.807, 2.05) is 31.2 Å². The van der Waals surface area contributed by atoms with E-state index in [9.17, 15) is 9.59 Å². The van der Waals surface area contributed by atoms with E-state index in [4.69, 9.17) is 9.84 Å². The summed E-state index contributed by atoms with van der Waals surface area (Å²) in [5.74, 6) is -0.439. The number of amides is 1. The Balaban J connectivity index is 2.13. The number of benzene rings is 1. The van der Waals surface area contributed by atoms with Crippen molar-refractivity contribution < 1.29 is 19.4 Å². The van der Waals surface area contributed by atoms with Gasteiger partial charge in [0.05, 0.1) is 6.61 Å². The lowest BCUT2D eigenvalue weighted by molar-refractivity contribution is -0.141. The van der Waals surface area contributed by atoms with E-state index in [0.717, 1.165) is 17.7 Å². The van der Waals surface area contributed by atoms with Crippen LogP contribution in [-0.2, 0) is 9.59 Å². The highest BCUT2D eigenvalue weighted by Crippen LogP contribution is 2.12. The molecule has 5 nitrogen and oxygen atoms in total. The largest absolute Gasteiger partial charge is 0.494 e. The zero-order valence-electron chi connectivity index (χ0n) is 11.9. The van der Waals surface area contributed by atoms with Crippen LogP contribution in [0.25, 0.3) is 0 Å². The molecule has 20 heavy (non-hydrogen) atoms. The number of carboxylic acid groups (broad SMARTS) is 1. The SMILES string of the molecule is Cc1cccc(OCCCCC(=O)N[C@H](C)C(=O)O)c1. The minimum atomic E-state index is -1.03. The zero-order valence-corrected chi connectivity index (χ0v) is 11.9. The monoisotopic (exact) mass is 279 g/mol. The van der Waals surface area contributed by atoms with Crippen molar-refractivity contribution in [2.24, 2.45) is 0 Å². The molecule has 0 bridgehead atoms. The summed E-state index contributed by atoms with van der Waals surface area (Å²) in [5, 5.41) is 11.1. The van der Waals surface area contributed by atoms with Gasteiger partial charge in [0.2, 0.25) is 5.91 Å². The van der Waals surface area contributed by atoms with Crippen molar-refractivity contribution in [3.8, 4) is 5.75 Å². The van der Waals surface area contributed by atoms with Crippen LogP contribution in [0.5, 0.6) is 5.75 Å². The van der Waals surface area contributed by atoms with Gasteiger partial charge in [-0.15, -0.1) is 0 Å². The molecule has 0 unspecified atom stereocenters. The molecule has 0 aliphatic heterocycles. The van der Waals surface area contributed by atoms with Gasteiger partial charge in [-0.3, -0.25) is 9.59 Å². The van der Waals surface area contributed by atoms with Crippen molar-refractivity contribution in [1.29, 1.82) is 0 Å². The lowest BCUT2D eigenvalue weighted by atomic mass is 10.2. The maximum absolute atomic E-state index is 11.4. The Morgan fingerprint density at radius 2 is 2.10 bits per heavy atom. The van der Waals surface area contributed by atoms with E-state index in [1.54, 1.807) is 0 Å². The Hall–Kier alpha value is -2.04. The van der Waals surface area contributed by atoms with Gasteiger partial charge >= 0.3 is 5.97 Å². The van der Waals surface area contributed by atoms with Gasteiger partial charge in [-0.25, -0.2) is 0 Å². The predicted molar refractivity (Wildman–Crippen MR) is 75.8 cm³/mol. The van der Waals surface area contributed by atoms with E-state index >= 15 is 0 Å². The molecule has 1 rings (SSSR count). The number of carboxylic acids is 1. The van der Waals surface area contributed by atoms with Gasteiger partial charge in [0, 0.05) is 6.42 Å². The van der Waals surface area contributed by atoms with Crippen LogP contribution in [0, 0.1) is 6.92 Å². The third-order valence-corrected chi connectivity index (χ3v) is 2.80. The van der Waals surface area contributed by atoms with Gasteiger partial charge in [-0.1, -0.05) is 12.1 Å². The van der Waals surface area contributed by atoms with Crippen LogP contribution in [0.3, 0.4) is 0 Å². The van der Waals surface area contributed by atoms with Crippen LogP contribution in [0.15, 0.2) is 24.3 Å². The normalized spacial score (nSPS) is 11.7. The molecule has 0 heterocycles. The number of ether oxygens (including phenoxy) is 1. The molecule has 0 saturated carbocycles. The zero-order chi connectivity index (χ0) is 15.0. The second kappa shape index (κ2) is 8.19. The minimum Gasteiger partial charge on any atom is -0.494 e. The summed E-state index contributed by atoms with van der Waals surface area (Å²) < 4.78 is 5.56. The maximum atomic E-state index is 11.4. The molecule has 0 spiro atoms. The van der Waals surface area contributed by atoms with Gasteiger partial charge in [0.15, 0.2) is 0 Å². The first kappa shape index (κ1) is 16.0. The molecule has 1 aromatic carbocycles.